The number of nitrogens with zero attached hydrogens (tertiary/aromatic N) is 1. The molecular weight excluding hydrogens is 470 g/mol. The van der Waals surface area contributed by atoms with Crippen LogP contribution in [-0.4, -0.2) is 29.6 Å². The van der Waals surface area contributed by atoms with E-state index in [1.54, 1.807) is 0 Å². The Labute approximate surface area is 209 Å². The predicted octanol–water partition coefficient (Wildman–Crippen LogP) is 9.03. The first kappa shape index (κ1) is 26.2. The Balaban J connectivity index is 1.70. The van der Waals surface area contributed by atoms with Crippen molar-refractivity contribution >= 4 is 37.5 Å². The topological polar surface area (TPSA) is 23.5 Å². The van der Waals surface area contributed by atoms with Crippen LogP contribution in [0.25, 0.3) is 21.5 Å². The second-order valence-corrected chi connectivity index (χ2v) is 10.4. The van der Waals surface area contributed by atoms with Gasteiger partial charge in [-0.3, -0.25) is 0 Å². The molecule has 1 atom stereocenters. The minimum absolute atomic E-state index is 0.455. The molecule has 3 aromatic carbocycles. The SMILES string of the molecule is CCCCCCCN(CCCCCCC)C[C@H](O)c1ccc2cc(Br)c3ccccc3c2c1. The van der Waals surface area contributed by atoms with Crippen LogP contribution in [-0.2, 0) is 0 Å². The first-order valence-corrected chi connectivity index (χ1v) is 13.9. The van der Waals surface area contributed by atoms with Gasteiger partial charge in [0.2, 0.25) is 0 Å². The number of unbranched alkanes of at least 4 members (excludes halogenated alkanes) is 8. The Morgan fingerprint density at radius 2 is 1.33 bits per heavy atom. The van der Waals surface area contributed by atoms with Crippen LogP contribution in [0.3, 0.4) is 0 Å². The van der Waals surface area contributed by atoms with Gasteiger partial charge in [-0.2, -0.15) is 0 Å². The van der Waals surface area contributed by atoms with E-state index in [-0.39, 0.29) is 0 Å². The number of hydrogen-bond donors (Lipinski definition) is 1. The number of aliphatic hydroxyl groups excluding tert-OH is 1. The van der Waals surface area contributed by atoms with Gasteiger partial charge < -0.3 is 10.0 Å². The normalized spacial score (nSPS) is 12.8. The summed E-state index contributed by atoms with van der Waals surface area (Å²) in [6, 6.07) is 17.2. The first-order chi connectivity index (χ1) is 16.1. The van der Waals surface area contributed by atoms with Crippen LogP contribution in [0.2, 0.25) is 0 Å². The summed E-state index contributed by atoms with van der Waals surface area (Å²) in [7, 11) is 0. The van der Waals surface area contributed by atoms with Crippen LogP contribution in [0.4, 0.5) is 0 Å². The summed E-state index contributed by atoms with van der Waals surface area (Å²) in [6.45, 7) is 7.45. The molecule has 3 aromatic rings. The maximum absolute atomic E-state index is 11.2. The lowest BCUT2D eigenvalue weighted by Gasteiger charge is -2.25. The summed E-state index contributed by atoms with van der Waals surface area (Å²) in [5, 5.41) is 16.1. The summed E-state index contributed by atoms with van der Waals surface area (Å²) in [5.41, 5.74) is 1.02. The Bertz CT molecular complexity index is 972. The van der Waals surface area contributed by atoms with Crippen molar-refractivity contribution in [1.82, 2.24) is 4.90 Å². The zero-order chi connectivity index (χ0) is 23.5. The predicted molar refractivity (Wildman–Crippen MR) is 148 cm³/mol. The van der Waals surface area contributed by atoms with Gasteiger partial charge in [-0.25, -0.2) is 0 Å². The van der Waals surface area contributed by atoms with Gasteiger partial charge in [0, 0.05) is 11.0 Å². The number of hydrogen-bond acceptors (Lipinski definition) is 2. The molecule has 3 heteroatoms. The molecule has 0 unspecified atom stereocenters. The molecule has 0 amide bonds. The molecule has 0 aromatic heterocycles. The highest BCUT2D eigenvalue weighted by molar-refractivity contribution is 9.10. The molecule has 0 aliphatic carbocycles. The molecule has 2 nitrogen and oxygen atoms in total. The molecule has 0 aliphatic heterocycles. The zero-order valence-corrected chi connectivity index (χ0v) is 22.2. The number of rotatable bonds is 15. The molecule has 0 saturated carbocycles. The van der Waals surface area contributed by atoms with E-state index in [1.165, 1.54) is 85.8 Å². The lowest BCUT2D eigenvalue weighted by atomic mass is 9.98. The second kappa shape index (κ2) is 14.1. The van der Waals surface area contributed by atoms with E-state index in [0.29, 0.717) is 0 Å². The van der Waals surface area contributed by atoms with Crippen molar-refractivity contribution < 1.29 is 5.11 Å². The Hall–Kier alpha value is -1.42. The molecule has 0 aliphatic rings. The molecule has 180 valence electrons. The number of aliphatic hydroxyl groups is 1. The van der Waals surface area contributed by atoms with Gasteiger partial charge in [-0.05, 0) is 65.2 Å². The van der Waals surface area contributed by atoms with E-state index in [1.807, 2.05) is 0 Å². The van der Waals surface area contributed by atoms with Crippen LogP contribution in [0.5, 0.6) is 0 Å². The fraction of sp³-hybridized carbons (Fsp3) is 0.533. The van der Waals surface area contributed by atoms with E-state index < -0.39 is 6.10 Å². The first-order valence-electron chi connectivity index (χ1n) is 13.1. The Kier molecular flexibility index (Phi) is 11.2. The number of halogens is 1. The molecule has 0 radical (unpaired) electrons. The van der Waals surface area contributed by atoms with Crippen LogP contribution in [0.1, 0.15) is 89.7 Å². The van der Waals surface area contributed by atoms with Gasteiger partial charge in [-0.1, -0.05) is 118 Å². The largest absolute Gasteiger partial charge is 0.387 e. The summed E-state index contributed by atoms with van der Waals surface area (Å²) in [6.07, 6.45) is 12.5. The molecule has 1 N–H and O–H groups in total. The zero-order valence-electron chi connectivity index (χ0n) is 20.7. The fourth-order valence-corrected chi connectivity index (χ4v) is 5.40. The minimum atomic E-state index is -0.455. The van der Waals surface area contributed by atoms with Crippen molar-refractivity contribution in [3.05, 3.63) is 58.6 Å². The number of fused-ring (bicyclic) bond motifs is 3. The smallest absolute Gasteiger partial charge is 0.0917 e. The van der Waals surface area contributed by atoms with Crippen molar-refractivity contribution in [2.45, 2.75) is 84.2 Å². The standard InChI is InChI=1S/C30H42BrNO/c1-3-5-7-9-13-19-32(20-14-10-8-6-4-2)23-30(33)25-18-17-24-22-29(31)27-16-12-11-15-26(27)28(24)21-25/h11-12,15-18,21-22,30,33H,3-10,13-14,19-20,23H2,1-2H3/t30-/m0/s1. The van der Waals surface area contributed by atoms with Gasteiger partial charge in [0.25, 0.3) is 0 Å². The third kappa shape index (κ3) is 7.80. The van der Waals surface area contributed by atoms with E-state index in [0.717, 1.165) is 29.7 Å². The molecule has 33 heavy (non-hydrogen) atoms. The molecule has 3 rings (SSSR count). The van der Waals surface area contributed by atoms with Gasteiger partial charge in [0.05, 0.1) is 6.10 Å². The van der Waals surface area contributed by atoms with Gasteiger partial charge >= 0.3 is 0 Å². The van der Waals surface area contributed by atoms with Crippen LogP contribution in [0, 0.1) is 0 Å². The highest BCUT2D eigenvalue weighted by Gasteiger charge is 2.15. The van der Waals surface area contributed by atoms with Crippen LogP contribution >= 0.6 is 15.9 Å². The van der Waals surface area contributed by atoms with Crippen molar-refractivity contribution in [3.8, 4) is 0 Å². The van der Waals surface area contributed by atoms with E-state index in [2.05, 4.69) is 83.2 Å². The van der Waals surface area contributed by atoms with Gasteiger partial charge in [0.1, 0.15) is 0 Å². The van der Waals surface area contributed by atoms with Gasteiger partial charge in [0.15, 0.2) is 0 Å². The molecule has 0 heterocycles. The fourth-order valence-electron chi connectivity index (χ4n) is 4.80. The quantitative estimate of drug-likeness (QED) is 0.162. The van der Waals surface area contributed by atoms with Crippen molar-refractivity contribution in [2.75, 3.05) is 19.6 Å². The third-order valence-electron chi connectivity index (χ3n) is 6.81. The molecule has 0 saturated heterocycles. The van der Waals surface area contributed by atoms with Crippen molar-refractivity contribution in [1.29, 1.82) is 0 Å². The van der Waals surface area contributed by atoms with Crippen molar-refractivity contribution in [2.24, 2.45) is 0 Å². The number of benzene rings is 3. The molecule has 0 fully saturated rings. The lowest BCUT2D eigenvalue weighted by Crippen LogP contribution is -2.31. The van der Waals surface area contributed by atoms with E-state index in [4.69, 9.17) is 0 Å². The van der Waals surface area contributed by atoms with Gasteiger partial charge in [-0.15, -0.1) is 0 Å². The maximum Gasteiger partial charge on any atom is 0.0917 e. The average molecular weight is 513 g/mol. The summed E-state index contributed by atoms with van der Waals surface area (Å²) >= 11 is 3.72. The molecule has 0 bridgehead atoms. The van der Waals surface area contributed by atoms with Crippen LogP contribution in [0.15, 0.2) is 53.0 Å². The lowest BCUT2D eigenvalue weighted by molar-refractivity contribution is 0.110. The highest BCUT2D eigenvalue weighted by atomic mass is 79.9. The third-order valence-corrected chi connectivity index (χ3v) is 7.46. The maximum atomic E-state index is 11.2. The Morgan fingerprint density at radius 1 is 0.727 bits per heavy atom. The molecule has 0 spiro atoms. The van der Waals surface area contributed by atoms with Crippen LogP contribution < -0.4 is 0 Å². The summed E-state index contributed by atoms with van der Waals surface area (Å²) in [5.74, 6) is 0. The summed E-state index contributed by atoms with van der Waals surface area (Å²) in [4.78, 5) is 2.51. The minimum Gasteiger partial charge on any atom is -0.387 e. The highest BCUT2D eigenvalue weighted by Crippen LogP contribution is 2.33. The summed E-state index contributed by atoms with van der Waals surface area (Å²) < 4.78 is 1.12. The average Bonchev–Trinajstić information content (AvgIpc) is 2.83. The van der Waals surface area contributed by atoms with Crippen molar-refractivity contribution in [3.63, 3.8) is 0 Å². The van der Waals surface area contributed by atoms with E-state index in [9.17, 15) is 5.11 Å². The monoisotopic (exact) mass is 511 g/mol. The van der Waals surface area contributed by atoms with E-state index >= 15 is 0 Å². The Morgan fingerprint density at radius 3 is 1.97 bits per heavy atom. The second-order valence-electron chi connectivity index (χ2n) is 9.53. The molecular formula is C30H42BrNO.